The minimum absolute atomic E-state index is 0.179. The van der Waals surface area contributed by atoms with Gasteiger partial charge in [-0.15, -0.1) is 0 Å². The van der Waals surface area contributed by atoms with Gasteiger partial charge in [-0.3, -0.25) is 4.79 Å². The largest absolute Gasteiger partial charge is 0.497 e. The van der Waals surface area contributed by atoms with E-state index in [9.17, 15) is 4.79 Å². The molecule has 8 nitrogen and oxygen atoms in total. The summed E-state index contributed by atoms with van der Waals surface area (Å²) < 4.78 is 27.2. The van der Waals surface area contributed by atoms with Gasteiger partial charge < -0.3 is 23.7 Å². The second kappa shape index (κ2) is 8.94. The molecular weight excluding hydrogens is 388 g/mol. The van der Waals surface area contributed by atoms with Gasteiger partial charge in [0.15, 0.2) is 11.5 Å². The highest BCUT2D eigenvalue weighted by atomic mass is 16.5. The zero-order valence-corrected chi connectivity index (χ0v) is 18.0. The van der Waals surface area contributed by atoms with Crippen molar-refractivity contribution >= 4 is 11.6 Å². The van der Waals surface area contributed by atoms with Crippen LogP contribution in [0.5, 0.6) is 28.7 Å². The molecule has 160 valence electrons. The Labute approximate surface area is 175 Å². The molecule has 2 aromatic rings. The first-order valence-electron chi connectivity index (χ1n) is 9.36. The number of hydrogen-bond acceptors (Lipinski definition) is 7. The van der Waals surface area contributed by atoms with E-state index in [4.69, 9.17) is 23.7 Å². The summed E-state index contributed by atoms with van der Waals surface area (Å²) in [4.78, 5) is 12.4. The lowest BCUT2D eigenvalue weighted by Crippen LogP contribution is -2.24. The van der Waals surface area contributed by atoms with Crippen molar-refractivity contribution in [1.29, 1.82) is 0 Å². The van der Waals surface area contributed by atoms with Crippen molar-refractivity contribution < 1.29 is 28.5 Å². The number of carbonyl (C=O) groups excluding carboxylic acids is 1. The molecule has 0 saturated carbocycles. The maximum absolute atomic E-state index is 12.4. The van der Waals surface area contributed by atoms with Crippen LogP contribution in [0.25, 0.3) is 0 Å². The van der Waals surface area contributed by atoms with Crippen LogP contribution in [-0.2, 0) is 4.79 Å². The van der Waals surface area contributed by atoms with E-state index in [1.165, 1.54) is 11.9 Å². The summed E-state index contributed by atoms with van der Waals surface area (Å²) in [7, 11) is 7.85. The highest BCUT2D eigenvalue weighted by Gasteiger charge is 2.35. The molecule has 1 amide bonds. The number of nitrogens with zero attached hydrogens (tertiary/aromatic N) is 2. The van der Waals surface area contributed by atoms with Crippen LogP contribution >= 0.6 is 0 Å². The topological polar surface area (TPSA) is 78.8 Å². The average molecular weight is 414 g/mol. The Bertz CT molecular complexity index is 950. The molecule has 8 heteroatoms. The number of methoxy groups -OCH3 is 5. The molecular formula is C22H26N2O6. The molecule has 0 aliphatic carbocycles. The lowest BCUT2D eigenvalue weighted by Gasteiger charge is -2.24. The molecule has 1 aliphatic heterocycles. The van der Waals surface area contributed by atoms with Crippen LogP contribution < -0.4 is 23.7 Å². The Hall–Kier alpha value is -3.42. The molecule has 30 heavy (non-hydrogen) atoms. The quantitative estimate of drug-likeness (QED) is 0.691. The predicted octanol–water partition coefficient (Wildman–Crippen LogP) is 3.43. The Balaban J connectivity index is 2.07. The molecule has 0 fully saturated rings. The van der Waals surface area contributed by atoms with Gasteiger partial charge in [0.25, 0.3) is 0 Å². The standard InChI is InChI=1S/C22H26N2O6/c1-13(25)24-19(17-7-8-20(28-4)22(30-6)21(17)29-5)12-18(23-24)14-9-15(26-2)11-16(10-14)27-3/h7-11,19H,12H2,1-6H3/t19-/m1/s1. The van der Waals surface area contributed by atoms with E-state index in [1.807, 2.05) is 18.2 Å². The van der Waals surface area contributed by atoms with E-state index in [0.29, 0.717) is 35.2 Å². The van der Waals surface area contributed by atoms with Gasteiger partial charge in [0.1, 0.15) is 11.5 Å². The highest BCUT2D eigenvalue weighted by Crippen LogP contribution is 2.46. The molecule has 0 N–H and O–H groups in total. The molecule has 0 radical (unpaired) electrons. The summed E-state index contributed by atoms with van der Waals surface area (Å²) in [5.41, 5.74) is 2.34. The number of ether oxygens (including phenoxy) is 5. The van der Waals surface area contributed by atoms with E-state index in [2.05, 4.69) is 5.10 Å². The summed E-state index contributed by atoms with van der Waals surface area (Å²) in [5.74, 6) is 2.64. The zero-order valence-electron chi connectivity index (χ0n) is 18.0. The molecule has 1 heterocycles. The van der Waals surface area contributed by atoms with Crippen molar-refractivity contribution in [3.8, 4) is 28.7 Å². The van der Waals surface area contributed by atoms with Gasteiger partial charge in [-0.25, -0.2) is 5.01 Å². The molecule has 0 unspecified atom stereocenters. The smallest absolute Gasteiger partial charge is 0.240 e. The first-order chi connectivity index (χ1) is 14.5. The number of hydrogen-bond donors (Lipinski definition) is 0. The van der Waals surface area contributed by atoms with Gasteiger partial charge in [-0.2, -0.15) is 5.10 Å². The van der Waals surface area contributed by atoms with E-state index in [-0.39, 0.29) is 11.9 Å². The summed E-state index contributed by atoms with van der Waals surface area (Å²) in [6.07, 6.45) is 0.488. The van der Waals surface area contributed by atoms with E-state index < -0.39 is 0 Å². The average Bonchev–Trinajstić information content (AvgIpc) is 3.23. The normalized spacial score (nSPS) is 15.5. The third-order valence-corrected chi connectivity index (χ3v) is 5.01. The Morgan fingerprint density at radius 1 is 0.900 bits per heavy atom. The molecule has 0 saturated heterocycles. The van der Waals surface area contributed by atoms with E-state index >= 15 is 0 Å². The second-order valence-corrected chi connectivity index (χ2v) is 6.66. The Morgan fingerprint density at radius 2 is 1.53 bits per heavy atom. The fraction of sp³-hybridized carbons (Fsp3) is 0.364. The van der Waals surface area contributed by atoms with Crippen LogP contribution in [0.2, 0.25) is 0 Å². The maximum atomic E-state index is 12.4. The van der Waals surface area contributed by atoms with Crippen molar-refractivity contribution in [2.24, 2.45) is 5.10 Å². The first-order valence-corrected chi connectivity index (χ1v) is 9.36. The van der Waals surface area contributed by atoms with Gasteiger partial charge in [-0.05, 0) is 24.3 Å². The summed E-state index contributed by atoms with van der Waals surface area (Å²) in [6.45, 7) is 1.48. The predicted molar refractivity (Wildman–Crippen MR) is 112 cm³/mol. The molecule has 1 aliphatic rings. The molecule has 3 rings (SSSR count). The lowest BCUT2D eigenvalue weighted by molar-refractivity contribution is -0.130. The van der Waals surface area contributed by atoms with E-state index in [0.717, 1.165) is 16.8 Å². The number of rotatable bonds is 7. The van der Waals surface area contributed by atoms with Crippen LogP contribution in [0, 0.1) is 0 Å². The number of hydrazone groups is 1. The Morgan fingerprint density at radius 3 is 2.03 bits per heavy atom. The summed E-state index contributed by atoms with van der Waals surface area (Å²) in [5, 5.41) is 6.06. The molecule has 2 aromatic carbocycles. The lowest BCUT2D eigenvalue weighted by atomic mass is 9.96. The van der Waals surface area contributed by atoms with Crippen molar-refractivity contribution in [2.75, 3.05) is 35.5 Å². The second-order valence-electron chi connectivity index (χ2n) is 6.66. The van der Waals surface area contributed by atoms with Crippen LogP contribution in [0.4, 0.5) is 0 Å². The van der Waals surface area contributed by atoms with Crippen LogP contribution in [0.15, 0.2) is 35.4 Å². The first kappa shape index (κ1) is 21.3. The molecule has 0 bridgehead atoms. The van der Waals surface area contributed by atoms with Crippen LogP contribution in [0.3, 0.4) is 0 Å². The highest BCUT2D eigenvalue weighted by molar-refractivity contribution is 6.03. The Kier molecular flexibility index (Phi) is 6.34. The van der Waals surface area contributed by atoms with Gasteiger partial charge in [0.2, 0.25) is 11.7 Å². The molecule has 0 aromatic heterocycles. The number of amides is 1. The summed E-state index contributed by atoms with van der Waals surface area (Å²) in [6, 6.07) is 8.83. The van der Waals surface area contributed by atoms with Crippen LogP contribution in [-0.4, -0.2) is 52.2 Å². The van der Waals surface area contributed by atoms with Gasteiger partial charge >= 0.3 is 0 Å². The minimum atomic E-state index is -0.357. The molecule has 0 spiro atoms. The van der Waals surface area contributed by atoms with Crippen molar-refractivity contribution in [2.45, 2.75) is 19.4 Å². The van der Waals surface area contributed by atoms with Crippen molar-refractivity contribution in [3.05, 3.63) is 41.5 Å². The maximum Gasteiger partial charge on any atom is 0.240 e. The fourth-order valence-electron chi connectivity index (χ4n) is 3.58. The van der Waals surface area contributed by atoms with Gasteiger partial charge in [-0.1, -0.05) is 0 Å². The minimum Gasteiger partial charge on any atom is -0.497 e. The summed E-state index contributed by atoms with van der Waals surface area (Å²) >= 11 is 0. The van der Waals surface area contributed by atoms with Gasteiger partial charge in [0.05, 0.1) is 47.3 Å². The van der Waals surface area contributed by atoms with E-state index in [1.54, 1.807) is 47.7 Å². The number of benzene rings is 2. The molecule has 1 atom stereocenters. The number of carbonyl (C=O) groups is 1. The third-order valence-electron chi connectivity index (χ3n) is 5.01. The van der Waals surface area contributed by atoms with Crippen LogP contribution in [0.1, 0.15) is 30.5 Å². The third kappa shape index (κ3) is 3.85. The monoisotopic (exact) mass is 414 g/mol. The SMILES string of the molecule is COc1cc(OC)cc(C2=NN(C(C)=O)[C@@H](c3ccc(OC)c(OC)c3OC)C2)c1. The van der Waals surface area contributed by atoms with Crippen molar-refractivity contribution in [1.82, 2.24) is 5.01 Å². The van der Waals surface area contributed by atoms with Crippen molar-refractivity contribution in [3.63, 3.8) is 0 Å². The fourth-order valence-corrected chi connectivity index (χ4v) is 3.58. The van der Waals surface area contributed by atoms with Gasteiger partial charge in [0, 0.05) is 30.5 Å². The zero-order chi connectivity index (χ0) is 21.8.